The van der Waals surface area contributed by atoms with Crippen LogP contribution in [0.25, 0.3) is 0 Å². The molecule has 0 spiro atoms. The van der Waals surface area contributed by atoms with Gasteiger partial charge in [-0.1, -0.05) is 38.8 Å². The van der Waals surface area contributed by atoms with E-state index in [2.05, 4.69) is 31.8 Å². The molecule has 1 saturated carbocycles. The van der Waals surface area contributed by atoms with E-state index in [9.17, 15) is 4.79 Å². The second-order valence-electron chi connectivity index (χ2n) is 5.45. The van der Waals surface area contributed by atoms with E-state index in [1.807, 2.05) is 0 Å². The predicted octanol–water partition coefficient (Wildman–Crippen LogP) is 3.88. The molecule has 2 nitrogen and oxygen atoms in total. The van der Waals surface area contributed by atoms with Crippen LogP contribution >= 0.6 is 0 Å². The van der Waals surface area contributed by atoms with Crippen molar-refractivity contribution in [1.82, 2.24) is 0 Å². The van der Waals surface area contributed by atoms with Crippen LogP contribution in [0.2, 0.25) is 0 Å². The first-order valence-corrected chi connectivity index (χ1v) is 6.32. The Labute approximate surface area is 98.8 Å². The molecule has 0 amide bonds. The zero-order valence-electron chi connectivity index (χ0n) is 10.8. The van der Waals surface area contributed by atoms with Crippen LogP contribution in [0.4, 0.5) is 0 Å². The van der Waals surface area contributed by atoms with Gasteiger partial charge in [0.05, 0.1) is 6.54 Å². The van der Waals surface area contributed by atoms with Gasteiger partial charge in [-0.2, -0.15) is 0 Å². The fourth-order valence-electron chi connectivity index (χ4n) is 2.77. The lowest BCUT2D eigenvalue weighted by molar-refractivity contribution is 0.288. The fraction of sp³-hybridized carbons (Fsp3) is 0.786. The molecule has 1 atom stereocenters. The normalized spacial score (nSPS) is 26.4. The third-order valence-corrected chi connectivity index (χ3v) is 3.65. The van der Waals surface area contributed by atoms with Gasteiger partial charge < -0.3 is 0 Å². The summed E-state index contributed by atoms with van der Waals surface area (Å²) < 4.78 is 0. The third-order valence-electron chi connectivity index (χ3n) is 3.65. The molecule has 16 heavy (non-hydrogen) atoms. The first kappa shape index (κ1) is 13.2. The molecule has 0 saturated heterocycles. The number of hydrogen-bond acceptors (Lipinski definition) is 2. The average molecular weight is 221 g/mol. The molecule has 1 aliphatic rings. The Balaban J connectivity index is 2.53. The van der Waals surface area contributed by atoms with E-state index in [1.165, 1.54) is 19.3 Å². The average Bonchev–Trinajstić information content (AvgIpc) is 2.21. The number of rotatable bonds is 4. The smallest absolute Gasteiger partial charge is 0.211 e. The topological polar surface area (TPSA) is 29.4 Å². The Morgan fingerprint density at radius 1 is 1.56 bits per heavy atom. The quantitative estimate of drug-likeness (QED) is 0.306. The fourth-order valence-corrected chi connectivity index (χ4v) is 2.77. The first-order valence-electron chi connectivity index (χ1n) is 6.32. The van der Waals surface area contributed by atoms with Crippen LogP contribution in [-0.2, 0) is 4.79 Å². The van der Waals surface area contributed by atoms with Crippen molar-refractivity contribution in [3.8, 4) is 0 Å². The van der Waals surface area contributed by atoms with Crippen LogP contribution in [0.1, 0.15) is 52.9 Å². The van der Waals surface area contributed by atoms with Crippen molar-refractivity contribution in [2.75, 3.05) is 6.54 Å². The molecule has 0 aromatic rings. The van der Waals surface area contributed by atoms with Gasteiger partial charge in [-0.3, -0.25) is 0 Å². The lowest BCUT2D eigenvalue weighted by Gasteiger charge is -2.37. The van der Waals surface area contributed by atoms with Crippen molar-refractivity contribution in [2.45, 2.75) is 52.9 Å². The van der Waals surface area contributed by atoms with Gasteiger partial charge in [-0.25, -0.2) is 9.79 Å². The minimum atomic E-state index is 0.367. The largest absolute Gasteiger partial charge is 0.234 e. The number of isocyanates is 1. The first-order chi connectivity index (χ1) is 7.58. The minimum Gasteiger partial charge on any atom is -0.211 e. The molecule has 2 heteroatoms. The second kappa shape index (κ2) is 6.00. The van der Waals surface area contributed by atoms with Crippen LogP contribution in [0, 0.1) is 11.3 Å². The summed E-state index contributed by atoms with van der Waals surface area (Å²) in [7, 11) is 0. The Morgan fingerprint density at radius 3 is 2.94 bits per heavy atom. The summed E-state index contributed by atoms with van der Waals surface area (Å²) >= 11 is 0. The van der Waals surface area contributed by atoms with Crippen molar-refractivity contribution >= 4 is 6.08 Å². The van der Waals surface area contributed by atoms with E-state index in [1.54, 1.807) is 11.7 Å². The van der Waals surface area contributed by atoms with Gasteiger partial charge >= 0.3 is 0 Å². The molecule has 90 valence electrons. The Hall–Kier alpha value is -0.880. The van der Waals surface area contributed by atoms with E-state index in [-0.39, 0.29) is 0 Å². The third kappa shape index (κ3) is 3.61. The number of hydrogen-bond donors (Lipinski definition) is 0. The lowest BCUT2D eigenvalue weighted by atomic mass is 9.68. The van der Waals surface area contributed by atoms with E-state index in [0.717, 1.165) is 18.8 Å². The van der Waals surface area contributed by atoms with Crippen molar-refractivity contribution in [3.63, 3.8) is 0 Å². The molecular weight excluding hydrogens is 198 g/mol. The molecule has 0 bridgehead atoms. The number of allylic oxidation sites excluding steroid dienone is 2. The Kier molecular flexibility index (Phi) is 4.95. The van der Waals surface area contributed by atoms with Crippen molar-refractivity contribution in [2.24, 2.45) is 16.3 Å². The molecule has 1 fully saturated rings. The summed E-state index contributed by atoms with van der Waals surface area (Å²) in [5.41, 5.74) is 1.97. The standard InChI is InChI=1S/C14H23NO/c1-12-7-6-9-14(2,3)13(12)8-4-5-10-15-11-16/h8,12H,4-7,9-10H2,1-3H3. The van der Waals surface area contributed by atoms with Crippen LogP contribution < -0.4 is 0 Å². The maximum Gasteiger partial charge on any atom is 0.234 e. The Morgan fingerprint density at radius 2 is 2.31 bits per heavy atom. The lowest BCUT2D eigenvalue weighted by Crippen LogP contribution is -2.24. The van der Waals surface area contributed by atoms with Gasteiger partial charge in [0.2, 0.25) is 6.08 Å². The highest BCUT2D eigenvalue weighted by Crippen LogP contribution is 2.43. The Bertz CT molecular complexity index is 298. The van der Waals surface area contributed by atoms with E-state index in [4.69, 9.17) is 0 Å². The van der Waals surface area contributed by atoms with E-state index < -0.39 is 0 Å². The zero-order chi connectivity index (χ0) is 12.0. The molecule has 0 aliphatic heterocycles. The number of carbonyl (C=O) groups excluding carboxylic acids is 1. The molecule has 1 rings (SSSR count). The minimum absolute atomic E-state index is 0.367. The molecule has 0 heterocycles. The van der Waals surface area contributed by atoms with Gasteiger partial charge in [-0.15, -0.1) is 0 Å². The van der Waals surface area contributed by atoms with E-state index in [0.29, 0.717) is 12.0 Å². The monoisotopic (exact) mass is 221 g/mol. The SMILES string of the molecule is CC1CCCC(C)(C)C1=CCCCN=C=O. The zero-order valence-corrected chi connectivity index (χ0v) is 10.8. The number of unbranched alkanes of at least 4 members (excludes halogenated alkanes) is 1. The number of aliphatic imine (C=N–C) groups is 1. The summed E-state index contributed by atoms with van der Waals surface area (Å²) in [5, 5.41) is 0. The molecule has 1 unspecified atom stereocenters. The van der Waals surface area contributed by atoms with Crippen LogP contribution in [0.15, 0.2) is 16.6 Å². The highest BCUT2D eigenvalue weighted by atomic mass is 16.1. The highest BCUT2D eigenvalue weighted by Gasteiger charge is 2.30. The van der Waals surface area contributed by atoms with Crippen LogP contribution in [0.3, 0.4) is 0 Å². The summed E-state index contributed by atoms with van der Waals surface area (Å²) in [6, 6.07) is 0. The maximum absolute atomic E-state index is 9.92. The van der Waals surface area contributed by atoms with Gasteiger partial charge in [0.1, 0.15) is 0 Å². The van der Waals surface area contributed by atoms with Gasteiger partial charge in [0.25, 0.3) is 0 Å². The van der Waals surface area contributed by atoms with Crippen LogP contribution in [0.5, 0.6) is 0 Å². The molecule has 0 aromatic heterocycles. The second-order valence-corrected chi connectivity index (χ2v) is 5.45. The summed E-state index contributed by atoms with van der Waals surface area (Å²) in [4.78, 5) is 13.5. The molecular formula is C14H23NO. The molecule has 0 aromatic carbocycles. The van der Waals surface area contributed by atoms with Crippen LogP contribution in [-0.4, -0.2) is 12.6 Å². The van der Waals surface area contributed by atoms with Gasteiger partial charge in [-0.05, 0) is 37.0 Å². The van der Waals surface area contributed by atoms with Crippen molar-refractivity contribution in [3.05, 3.63) is 11.6 Å². The highest BCUT2D eigenvalue weighted by molar-refractivity contribution is 5.32. The van der Waals surface area contributed by atoms with Gasteiger partial charge in [0, 0.05) is 0 Å². The summed E-state index contributed by atoms with van der Waals surface area (Å²) in [5.74, 6) is 0.721. The van der Waals surface area contributed by atoms with E-state index >= 15 is 0 Å². The molecule has 1 aliphatic carbocycles. The molecule has 0 N–H and O–H groups in total. The summed E-state index contributed by atoms with van der Waals surface area (Å²) in [6.45, 7) is 7.63. The molecule has 0 radical (unpaired) electrons. The van der Waals surface area contributed by atoms with Gasteiger partial charge in [0.15, 0.2) is 0 Å². The van der Waals surface area contributed by atoms with Crippen molar-refractivity contribution in [1.29, 1.82) is 0 Å². The van der Waals surface area contributed by atoms with Crippen molar-refractivity contribution < 1.29 is 4.79 Å². The predicted molar refractivity (Wildman–Crippen MR) is 67.1 cm³/mol. The number of nitrogens with zero attached hydrogens (tertiary/aromatic N) is 1. The summed E-state index contributed by atoms with van der Waals surface area (Å²) in [6.07, 6.45) is 9.93. The maximum atomic E-state index is 9.92.